The van der Waals surface area contributed by atoms with E-state index in [4.69, 9.17) is 5.73 Å². The quantitative estimate of drug-likeness (QED) is 0.706. The van der Waals surface area contributed by atoms with Crippen molar-refractivity contribution in [1.82, 2.24) is 9.97 Å². The van der Waals surface area contributed by atoms with Crippen LogP contribution in [0.1, 0.15) is 11.3 Å². The van der Waals surface area contributed by atoms with E-state index < -0.39 is 0 Å². The summed E-state index contributed by atoms with van der Waals surface area (Å²) in [4.78, 5) is 8.34. The highest BCUT2D eigenvalue weighted by molar-refractivity contribution is 9.10. The maximum absolute atomic E-state index is 5.75. The summed E-state index contributed by atoms with van der Waals surface area (Å²) in [5.74, 6) is 2.71. The zero-order chi connectivity index (χ0) is 8.55. The number of halogens is 1. The molecule has 0 aromatic carbocycles. The Morgan fingerprint density at radius 1 is 1.42 bits per heavy atom. The Balaban J connectivity index is 2.53. The average Bonchev–Trinajstić information content (AvgIpc) is 2.04. The molecular weight excluding hydrogens is 238 g/mol. The van der Waals surface area contributed by atoms with Gasteiger partial charge in [0.2, 0.25) is 0 Å². The number of thioether (sulfide) groups is 1. The van der Waals surface area contributed by atoms with Crippen LogP contribution in [0.3, 0.4) is 0 Å². The number of fused-ring (bicyclic) bond motifs is 1. The number of nitrogens with zero attached hydrogens (tertiary/aromatic N) is 2. The second kappa shape index (κ2) is 3.22. The third-order valence-electron chi connectivity index (χ3n) is 1.83. The third-order valence-corrected chi connectivity index (χ3v) is 3.17. The second-order valence-corrected chi connectivity index (χ2v) is 4.42. The van der Waals surface area contributed by atoms with Crippen LogP contribution in [0.2, 0.25) is 0 Å². The summed E-state index contributed by atoms with van der Waals surface area (Å²) < 4.78 is 0.602. The molecule has 2 heterocycles. The smallest absolute Gasteiger partial charge is 0.198 e. The molecule has 0 unspecified atom stereocenters. The van der Waals surface area contributed by atoms with E-state index in [2.05, 4.69) is 25.9 Å². The number of anilines is 1. The van der Waals surface area contributed by atoms with Crippen molar-refractivity contribution in [3.8, 4) is 0 Å². The van der Waals surface area contributed by atoms with Crippen LogP contribution in [-0.4, -0.2) is 15.7 Å². The summed E-state index contributed by atoms with van der Waals surface area (Å²) in [6.07, 6.45) is 1.01. The first-order valence-corrected chi connectivity index (χ1v) is 5.60. The summed E-state index contributed by atoms with van der Waals surface area (Å²) in [6.45, 7) is 0. The van der Waals surface area contributed by atoms with Crippen molar-refractivity contribution >= 4 is 33.5 Å². The molecule has 0 saturated carbocycles. The molecule has 2 N–H and O–H groups in total. The second-order valence-electron chi connectivity index (χ2n) is 2.61. The number of aromatic nitrogens is 2. The lowest BCUT2D eigenvalue weighted by Crippen LogP contribution is -2.10. The van der Waals surface area contributed by atoms with Crippen LogP contribution in [0, 0.1) is 0 Å². The molecule has 0 amide bonds. The van der Waals surface area contributed by atoms with E-state index in [9.17, 15) is 0 Å². The Hall–Kier alpha value is -0.290. The molecule has 12 heavy (non-hydrogen) atoms. The molecule has 5 heteroatoms. The van der Waals surface area contributed by atoms with Crippen molar-refractivity contribution in [2.24, 2.45) is 0 Å². The molecule has 0 spiro atoms. The molecule has 0 aliphatic carbocycles. The van der Waals surface area contributed by atoms with E-state index in [1.165, 1.54) is 0 Å². The van der Waals surface area contributed by atoms with Gasteiger partial charge in [-0.1, -0.05) is 0 Å². The molecule has 3 nitrogen and oxygen atoms in total. The fraction of sp³-hybridized carbons (Fsp3) is 0.429. The van der Waals surface area contributed by atoms with Gasteiger partial charge in [0.1, 0.15) is 5.82 Å². The van der Waals surface area contributed by atoms with Gasteiger partial charge in [-0.05, 0) is 28.1 Å². The van der Waals surface area contributed by atoms with Gasteiger partial charge >= 0.3 is 0 Å². The molecule has 0 atom stereocenters. The maximum Gasteiger partial charge on any atom is 0.198 e. The Labute approximate surface area is 83.3 Å². The van der Waals surface area contributed by atoms with E-state index in [0.29, 0.717) is 10.6 Å². The molecule has 1 aliphatic heterocycles. The molecule has 64 valence electrons. The largest absolute Gasteiger partial charge is 0.383 e. The summed E-state index contributed by atoms with van der Waals surface area (Å²) in [7, 11) is 0. The summed E-state index contributed by atoms with van der Waals surface area (Å²) in [6, 6.07) is 0. The van der Waals surface area contributed by atoms with Crippen molar-refractivity contribution in [2.75, 3.05) is 11.5 Å². The molecular formula is C7H8BrN3S. The van der Waals surface area contributed by atoms with E-state index >= 15 is 0 Å². The number of nitrogen functional groups attached to an aromatic ring is 1. The van der Waals surface area contributed by atoms with Crippen molar-refractivity contribution in [3.63, 3.8) is 0 Å². The fourth-order valence-corrected chi connectivity index (χ4v) is 2.63. The maximum atomic E-state index is 5.75. The first-order chi connectivity index (χ1) is 5.77. The number of rotatable bonds is 0. The van der Waals surface area contributed by atoms with Crippen molar-refractivity contribution < 1.29 is 0 Å². The molecule has 1 aromatic heterocycles. The van der Waals surface area contributed by atoms with Gasteiger partial charge in [0.25, 0.3) is 0 Å². The topological polar surface area (TPSA) is 51.8 Å². The molecule has 0 bridgehead atoms. The van der Waals surface area contributed by atoms with Gasteiger partial charge in [-0.15, -0.1) is 0 Å². The van der Waals surface area contributed by atoms with Gasteiger partial charge in [0, 0.05) is 11.3 Å². The predicted octanol–water partition coefficient (Wildman–Crippen LogP) is 1.61. The zero-order valence-electron chi connectivity index (χ0n) is 6.38. The molecule has 1 aromatic rings. The van der Waals surface area contributed by atoms with Crippen LogP contribution in [0.4, 0.5) is 5.82 Å². The lowest BCUT2D eigenvalue weighted by molar-refractivity contribution is 0.939. The van der Waals surface area contributed by atoms with Gasteiger partial charge in [0.05, 0.1) is 5.69 Å². The van der Waals surface area contributed by atoms with Crippen LogP contribution in [0.5, 0.6) is 0 Å². The van der Waals surface area contributed by atoms with E-state index in [0.717, 1.165) is 29.2 Å². The average molecular weight is 246 g/mol. The Morgan fingerprint density at radius 3 is 3.08 bits per heavy atom. The lowest BCUT2D eigenvalue weighted by Gasteiger charge is -2.15. The van der Waals surface area contributed by atoms with Crippen LogP contribution >= 0.6 is 27.7 Å². The van der Waals surface area contributed by atoms with E-state index in [-0.39, 0.29) is 0 Å². The minimum absolute atomic E-state index is 0.602. The van der Waals surface area contributed by atoms with Crippen LogP contribution in [0.25, 0.3) is 0 Å². The van der Waals surface area contributed by atoms with Gasteiger partial charge in [-0.25, -0.2) is 9.97 Å². The summed E-state index contributed by atoms with van der Waals surface area (Å²) >= 11 is 5.11. The molecule has 0 saturated heterocycles. The number of aryl methyl sites for hydroxylation is 1. The first-order valence-electron chi connectivity index (χ1n) is 3.66. The standard InChI is InChI=1S/C7H8BrN3S/c8-7-10-5-1-2-12-3-4(5)6(9)11-7/h1-3H2,(H2,9,10,11). The third kappa shape index (κ3) is 1.43. The normalized spacial score (nSPS) is 15.8. The van der Waals surface area contributed by atoms with E-state index in [1.54, 1.807) is 0 Å². The van der Waals surface area contributed by atoms with Crippen LogP contribution in [0.15, 0.2) is 4.73 Å². The van der Waals surface area contributed by atoms with Crippen LogP contribution in [-0.2, 0) is 12.2 Å². The summed E-state index contributed by atoms with van der Waals surface area (Å²) in [5, 5.41) is 0. The molecule has 0 radical (unpaired) electrons. The highest BCUT2D eigenvalue weighted by Crippen LogP contribution is 2.27. The molecule has 0 fully saturated rings. The monoisotopic (exact) mass is 245 g/mol. The molecule has 1 aliphatic rings. The Kier molecular flexibility index (Phi) is 2.23. The van der Waals surface area contributed by atoms with Gasteiger partial charge < -0.3 is 5.73 Å². The number of nitrogens with two attached hydrogens (primary N) is 1. The summed E-state index contributed by atoms with van der Waals surface area (Å²) in [5.41, 5.74) is 7.97. The fourth-order valence-electron chi connectivity index (χ4n) is 1.23. The van der Waals surface area contributed by atoms with Crippen molar-refractivity contribution in [2.45, 2.75) is 12.2 Å². The van der Waals surface area contributed by atoms with Crippen LogP contribution < -0.4 is 5.73 Å². The Morgan fingerprint density at radius 2 is 2.25 bits per heavy atom. The number of hydrogen-bond donors (Lipinski definition) is 1. The van der Waals surface area contributed by atoms with Crippen molar-refractivity contribution in [3.05, 3.63) is 16.0 Å². The van der Waals surface area contributed by atoms with Gasteiger partial charge in [0.15, 0.2) is 4.73 Å². The van der Waals surface area contributed by atoms with E-state index in [1.807, 2.05) is 11.8 Å². The highest BCUT2D eigenvalue weighted by Gasteiger charge is 2.15. The van der Waals surface area contributed by atoms with Crippen molar-refractivity contribution in [1.29, 1.82) is 0 Å². The minimum atomic E-state index is 0.602. The zero-order valence-corrected chi connectivity index (χ0v) is 8.78. The lowest BCUT2D eigenvalue weighted by atomic mass is 10.2. The van der Waals surface area contributed by atoms with Gasteiger partial charge in [-0.2, -0.15) is 11.8 Å². The highest BCUT2D eigenvalue weighted by atomic mass is 79.9. The predicted molar refractivity (Wildman–Crippen MR) is 54.0 cm³/mol. The first kappa shape index (κ1) is 8.31. The minimum Gasteiger partial charge on any atom is -0.383 e. The Bertz CT molecular complexity index is 316. The number of hydrogen-bond acceptors (Lipinski definition) is 4. The SMILES string of the molecule is Nc1nc(Br)nc2c1CSCC2. The van der Waals surface area contributed by atoms with Gasteiger partial charge in [-0.3, -0.25) is 0 Å². The molecule has 2 rings (SSSR count).